The van der Waals surface area contributed by atoms with Gasteiger partial charge in [-0.2, -0.15) is 0 Å². The van der Waals surface area contributed by atoms with Crippen molar-refractivity contribution >= 4 is 14.5 Å². The Labute approximate surface area is 137 Å². The Balaban J connectivity index is 2.43. The minimum absolute atomic E-state index is 0.646. The van der Waals surface area contributed by atoms with E-state index < -0.39 is 8.80 Å². The number of nitrogens with zero attached hydrogens (tertiary/aromatic N) is 2. The molecule has 0 aromatic heterocycles. The van der Waals surface area contributed by atoms with Crippen LogP contribution in [0, 0.1) is 0 Å². The van der Waals surface area contributed by atoms with Gasteiger partial charge in [0, 0.05) is 44.7 Å². The zero-order valence-electron chi connectivity index (χ0n) is 14.9. The molecule has 1 aliphatic rings. The summed E-state index contributed by atoms with van der Waals surface area (Å²) in [5, 5.41) is 0. The first-order valence-electron chi connectivity index (χ1n) is 8.78. The molecule has 1 heterocycles. The number of hydrogen-bond acceptors (Lipinski definition) is 5. The Morgan fingerprint density at radius 3 is 2.23 bits per heavy atom. The molecule has 0 atom stereocenters. The highest BCUT2D eigenvalue weighted by Crippen LogP contribution is 2.18. The van der Waals surface area contributed by atoms with Gasteiger partial charge in [0.05, 0.1) is 0 Å². The zero-order chi connectivity index (χ0) is 16.3. The molecule has 130 valence electrons. The molecule has 1 fully saturated rings. The van der Waals surface area contributed by atoms with Crippen LogP contribution in [0.15, 0.2) is 4.99 Å². The summed E-state index contributed by atoms with van der Waals surface area (Å²) < 4.78 is 17.6. The summed E-state index contributed by atoms with van der Waals surface area (Å²) in [6, 6.07) is 0.860. The molecule has 5 nitrogen and oxygen atoms in total. The molecular formula is C16H34N2O3Si. The number of hydrogen-bond donors (Lipinski definition) is 0. The van der Waals surface area contributed by atoms with Crippen molar-refractivity contribution in [1.82, 2.24) is 4.90 Å². The Morgan fingerprint density at radius 1 is 1.00 bits per heavy atom. The third-order valence-corrected chi connectivity index (χ3v) is 7.01. The van der Waals surface area contributed by atoms with Crippen LogP contribution in [-0.2, 0) is 13.3 Å². The lowest BCUT2D eigenvalue weighted by Gasteiger charge is -2.28. The van der Waals surface area contributed by atoms with Crippen LogP contribution in [0.2, 0.25) is 6.04 Å². The van der Waals surface area contributed by atoms with Gasteiger partial charge in [0.25, 0.3) is 0 Å². The van der Waals surface area contributed by atoms with E-state index in [1.165, 1.54) is 18.7 Å². The molecule has 6 heteroatoms. The summed E-state index contributed by atoms with van der Waals surface area (Å²) in [4.78, 5) is 7.20. The number of aliphatic imine (C=N–C) groups is 1. The van der Waals surface area contributed by atoms with Crippen LogP contribution < -0.4 is 0 Å². The molecule has 0 radical (unpaired) electrons. The maximum atomic E-state index is 5.88. The molecule has 0 unspecified atom stereocenters. The molecule has 0 aromatic carbocycles. The van der Waals surface area contributed by atoms with Crippen molar-refractivity contribution in [2.75, 3.05) is 46.5 Å². The minimum atomic E-state index is -2.48. The van der Waals surface area contributed by atoms with Crippen LogP contribution in [-0.4, -0.2) is 65.9 Å². The summed E-state index contributed by atoms with van der Waals surface area (Å²) in [6.45, 7) is 11.1. The van der Waals surface area contributed by atoms with E-state index in [1.54, 1.807) is 0 Å². The van der Waals surface area contributed by atoms with E-state index in [1.807, 2.05) is 20.8 Å². The van der Waals surface area contributed by atoms with Crippen molar-refractivity contribution in [1.29, 1.82) is 0 Å². The van der Waals surface area contributed by atoms with Gasteiger partial charge in [-0.25, -0.2) is 0 Å². The molecular weight excluding hydrogens is 296 g/mol. The summed E-state index contributed by atoms with van der Waals surface area (Å²) in [5.74, 6) is 0. The lowest BCUT2D eigenvalue weighted by molar-refractivity contribution is 0.0710. The molecule has 22 heavy (non-hydrogen) atoms. The predicted octanol–water partition coefficient (Wildman–Crippen LogP) is 2.98. The smallest absolute Gasteiger partial charge is 0.374 e. The second kappa shape index (κ2) is 11.3. The van der Waals surface area contributed by atoms with Gasteiger partial charge in [0.1, 0.15) is 0 Å². The number of likely N-dealkylation sites (tertiary alicyclic amines) is 1. The van der Waals surface area contributed by atoms with Crippen LogP contribution in [0.1, 0.15) is 46.5 Å². The van der Waals surface area contributed by atoms with Gasteiger partial charge in [-0.3, -0.25) is 4.99 Å². The van der Waals surface area contributed by atoms with Crippen LogP contribution in [0.3, 0.4) is 0 Å². The monoisotopic (exact) mass is 330 g/mol. The molecule has 0 saturated carbocycles. The molecule has 0 spiro atoms. The average Bonchev–Trinajstić information content (AvgIpc) is 2.69. The van der Waals surface area contributed by atoms with E-state index in [0.29, 0.717) is 19.8 Å². The fourth-order valence-corrected chi connectivity index (χ4v) is 5.40. The molecule has 0 aliphatic carbocycles. The molecule has 0 aromatic rings. The highest BCUT2D eigenvalue weighted by Gasteiger charge is 2.39. The first-order valence-corrected chi connectivity index (χ1v) is 10.7. The highest BCUT2D eigenvalue weighted by molar-refractivity contribution is 6.60. The van der Waals surface area contributed by atoms with E-state index in [0.717, 1.165) is 38.4 Å². The average molecular weight is 331 g/mol. The third kappa shape index (κ3) is 7.33. The van der Waals surface area contributed by atoms with E-state index >= 15 is 0 Å². The van der Waals surface area contributed by atoms with Crippen molar-refractivity contribution in [3.63, 3.8) is 0 Å². The van der Waals surface area contributed by atoms with Crippen molar-refractivity contribution in [3.05, 3.63) is 0 Å². The fourth-order valence-electron chi connectivity index (χ4n) is 2.80. The van der Waals surface area contributed by atoms with Gasteiger partial charge in [-0.1, -0.05) is 0 Å². The van der Waals surface area contributed by atoms with Gasteiger partial charge >= 0.3 is 8.80 Å². The van der Waals surface area contributed by atoms with Crippen molar-refractivity contribution in [3.8, 4) is 0 Å². The highest BCUT2D eigenvalue weighted by atomic mass is 28.4. The van der Waals surface area contributed by atoms with E-state index in [2.05, 4.69) is 11.9 Å². The van der Waals surface area contributed by atoms with Gasteiger partial charge in [0.2, 0.25) is 0 Å². The SMILES string of the molecule is CCO[Si](CCCN=C1CCCN(C)CC1)(OCC)OCC. The Morgan fingerprint density at radius 2 is 1.64 bits per heavy atom. The van der Waals surface area contributed by atoms with Gasteiger partial charge in [0.15, 0.2) is 0 Å². The molecule has 0 amide bonds. The molecule has 0 N–H and O–H groups in total. The van der Waals surface area contributed by atoms with E-state index in [4.69, 9.17) is 18.3 Å². The standard InChI is InChI=1S/C16H34N2O3Si/c1-5-19-22(20-6-2,21-7-3)15-9-12-17-16-10-8-13-18(4)14-11-16/h5-15H2,1-4H3. The number of rotatable bonds is 10. The zero-order valence-corrected chi connectivity index (χ0v) is 15.9. The maximum absolute atomic E-state index is 5.88. The maximum Gasteiger partial charge on any atom is 0.500 e. The Kier molecular flexibility index (Phi) is 10.1. The molecule has 1 aliphatic heterocycles. The topological polar surface area (TPSA) is 43.3 Å². The predicted molar refractivity (Wildman–Crippen MR) is 93.7 cm³/mol. The fraction of sp³-hybridized carbons (Fsp3) is 0.938. The second-order valence-corrected chi connectivity index (χ2v) is 8.42. The largest absolute Gasteiger partial charge is 0.500 e. The van der Waals surface area contributed by atoms with Gasteiger partial charge in [-0.05, 0) is 60.0 Å². The molecule has 0 bridgehead atoms. The normalized spacial score (nSPS) is 19.5. The van der Waals surface area contributed by atoms with Crippen molar-refractivity contribution in [2.45, 2.75) is 52.5 Å². The van der Waals surface area contributed by atoms with Crippen LogP contribution >= 0.6 is 0 Å². The van der Waals surface area contributed by atoms with Crippen molar-refractivity contribution in [2.24, 2.45) is 4.99 Å². The van der Waals surface area contributed by atoms with Gasteiger partial charge < -0.3 is 18.2 Å². The van der Waals surface area contributed by atoms with E-state index in [9.17, 15) is 0 Å². The summed E-state index contributed by atoms with van der Waals surface area (Å²) in [7, 11) is -0.291. The Hall–Kier alpha value is -0.273. The first-order chi connectivity index (χ1) is 10.7. The van der Waals surface area contributed by atoms with E-state index in [-0.39, 0.29) is 0 Å². The quantitative estimate of drug-likeness (QED) is 0.456. The lowest BCUT2D eigenvalue weighted by atomic mass is 10.2. The Bertz CT molecular complexity index is 309. The van der Waals surface area contributed by atoms with Gasteiger partial charge in [-0.15, -0.1) is 0 Å². The summed E-state index contributed by atoms with van der Waals surface area (Å²) >= 11 is 0. The minimum Gasteiger partial charge on any atom is -0.374 e. The lowest BCUT2D eigenvalue weighted by Crippen LogP contribution is -2.46. The van der Waals surface area contributed by atoms with Crippen LogP contribution in [0.4, 0.5) is 0 Å². The third-order valence-electron chi connectivity index (χ3n) is 3.86. The summed E-state index contributed by atoms with van der Waals surface area (Å²) in [5.41, 5.74) is 1.38. The van der Waals surface area contributed by atoms with Crippen LogP contribution in [0.25, 0.3) is 0 Å². The molecule has 1 rings (SSSR count). The summed E-state index contributed by atoms with van der Waals surface area (Å²) in [6.07, 6.45) is 4.47. The van der Waals surface area contributed by atoms with Crippen molar-refractivity contribution < 1.29 is 13.3 Å². The molecule has 1 saturated heterocycles. The first kappa shape index (κ1) is 19.8. The van der Waals surface area contributed by atoms with Crippen LogP contribution in [0.5, 0.6) is 0 Å². The second-order valence-electron chi connectivity index (χ2n) is 5.69.